The van der Waals surface area contributed by atoms with Crippen LogP contribution in [0.1, 0.15) is 13.3 Å². The van der Waals surface area contributed by atoms with Crippen molar-refractivity contribution in [2.75, 3.05) is 24.5 Å². The summed E-state index contributed by atoms with van der Waals surface area (Å²) in [7, 11) is 0. The first-order valence-electron chi connectivity index (χ1n) is 5.64. The molecule has 1 unspecified atom stereocenters. The van der Waals surface area contributed by atoms with Crippen molar-refractivity contribution in [3.05, 3.63) is 28.2 Å². The van der Waals surface area contributed by atoms with E-state index in [2.05, 4.69) is 17.1 Å². The molecule has 1 aliphatic rings. The lowest BCUT2D eigenvalue weighted by atomic mass is 10.1. The van der Waals surface area contributed by atoms with E-state index in [1.807, 2.05) is 18.2 Å². The fraction of sp³-hybridized carbons (Fsp3) is 0.500. The zero-order chi connectivity index (χ0) is 11.5. The molecule has 0 amide bonds. The van der Waals surface area contributed by atoms with Crippen molar-refractivity contribution in [3.8, 4) is 0 Å². The lowest BCUT2D eigenvalue weighted by Gasteiger charge is -2.38. The van der Waals surface area contributed by atoms with Gasteiger partial charge in [-0.1, -0.05) is 30.1 Å². The Kier molecular flexibility index (Phi) is 3.95. The lowest BCUT2D eigenvalue weighted by molar-refractivity contribution is 0.466. The summed E-state index contributed by atoms with van der Waals surface area (Å²) in [6.07, 6.45) is 1.11. The van der Waals surface area contributed by atoms with Crippen molar-refractivity contribution in [1.82, 2.24) is 5.32 Å². The van der Waals surface area contributed by atoms with Crippen molar-refractivity contribution >= 4 is 28.9 Å². The Balaban J connectivity index is 2.30. The van der Waals surface area contributed by atoms with Gasteiger partial charge in [0.05, 0.1) is 10.7 Å². The Morgan fingerprint density at radius 1 is 1.44 bits per heavy atom. The minimum atomic E-state index is 0.504. The van der Waals surface area contributed by atoms with Crippen LogP contribution in [0.4, 0.5) is 5.69 Å². The van der Waals surface area contributed by atoms with Crippen LogP contribution < -0.4 is 10.2 Å². The van der Waals surface area contributed by atoms with Crippen molar-refractivity contribution < 1.29 is 0 Å². The van der Waals surface area contributed by atoms with Gasteiger partial charge in [0.2, 0.25) is 0 Å². The molecular weight excluding hydrogens is 243 g/mol. The van der Waals surface area contributed by atoms with E-state index in [1.165, 1.54) is 0 Å². The van der Waals surface area contributed by atoms with E-state index in [0.29, 0.717) is 6.04 Å². The highest BCUT2D eigenvalue weighted by molar-refractivity contribution is 6.35. The van der Waals surface area contributed by atoms with Gasteiger partial charge in [0.1, 0.15) is 0 Å². The van der Waals surface area contributed by atoms with Gasteiger partial charge < -0.3 is 10.2 Å². The lowest BCUT2D eigenvalue weighted by Crippen LogP contribution is -2.51. The van der Waals surface area contributed by atoms with Crippen LogP contribution in [0, 0.1) is 0 Å². The minimum absolute atomic E-state index is 0.504. The van der Waals surface area contributed by atoms with Gasteiger partial charge in [0.15, 0.2) is 0 Å². The monoisotopic (exact) mass is 258 g/mol. The molecule has 1 saturated heterocycles. The molecule has 0 radical (unpaired) electrons. The van der Waals surface area contributed by atoms with Crippen LogP contribution in [-0.4, -0.2) is 25.7 Å². The van der Waals surface area contributed by atoms with E-state index in [4.69, 9.17) is 23.2 Å². The Morgan fingerprint density at radius 2 is 2.25 bits per heavy atom. The molecular formula is C12H16Cl2N2. The van der Waals surface area contributed by atoms with Gasteiger partial charge >= 0.3 is 0 Å². The average molecular weight is 259 g/mol. The van der Waals surface area contributed by atoms with Crippen LogP contribution in [0.25, 0.3) is 0 Å². The quantitative estimate of drug-likeness (QED) is 0.877. The molecule has 0 saturated carbocycles. The molecule has 4 heteroatoms. The fourth-order valence-electron chi connectivity index (χ4n) is 2.15. The number of nitrogens with one attached hydrogen (secondary N) is 1. The zero-order valence-corrected chi connectivity index (χ0v) is 10.9. The normalized spacial score (nSPS) is 21.2. The molecule has 1 aliphatic heterocycles. The first kappa shape index (κ1) is 12.0. The number of anilines is 1. The number of rotatable bonds is 2. The van der Waals surface area contributed by atoms with Crippen molar-refractivity contribution in [2.24, 2.45) is 0 Å². The highest BCUT2D eigenvalue weighted by Crippen LogP contribution is 2.31. The molecule has 0 spiro atoms. The standard InChI is InChI=1S/C12H16Cl2N2/c1-2-10-8-15-5-6-16(10)12-7-9(13)3-4-11(12)14/h3-4,7,10,15H,2,5-6,8H2,1H3. The van der Waals surface area contributed by atoms with Crippen LogP contribution in [0.3, 0.4) is 0 Å². The van der Waals surface area contributed by atoms with Gasteiger partial charge in [-0.3, -0.25) is 0 Å². The van der Waals surface area contributed by atoms with Crippen LogP contribution in [0.2, 0.25) is 10.0 Å². The smallest absolute Gasteiger partial charge is 0.0640 e. The summed E-state index contributed by atoms with van der Waals surface area (Å²) in [5.74, 6) is 0. The summed E-state index contributed by atoms with van der Waals surface area (Å²) < 4.78 is 0. The fourth-order valence-corrected chi connectivity index (χ4v) is 2.54. The molecule has 1 aromatic rings. The summed E-state index contributed by atoms with van der Waals surface area (Å²) in [6, 6.07) is 6.16. The van der Waals surface area contributed by atoms with Crippen molar-refractivity contribution in [2.45, 2.75) is 19.4 Å². The van der Waals surface area contributed by atoms with E-state index < -0.39 is 0 Å². The Hall–Kier alpha value is -0.440. The molecule has 1 fully saturated rings. The zero-order valence-electron chi connectivity index (χ0n) is 9.34. The Bertz CT molecular complexity index is 368. The van der Waals surface area contributed by atoms with Gasteiger partial charge in [0, 0.05) is 30.7 Å². The summed E-state index contributed by atoms with van der Waals surface area (Å²) in [5.41, 5.74) is 1.06. The molecule has 16 heavy (non-hydrogen) atoms. The second kappa shape index (κ2) is 5.26. The first-order valence-corrected chi connectivity index (χ1v) is 6.40. The van der Waals surface area contributed by atoms with Gasteiger partial charge in [-0.2, -0.15) is 0 Å². The third kappa shape index (κ3) is 2.45. The molecule has 0 bridgehead atoms. The molecule has 2 nitrogen and oxygen atoms in total. The van der Waals surface area contributed by atoms with E-state index in [9.17, 15) is 0 Å². The predicted octanol–water partition coefficient (Wildman–Crippen LogP) is 3.18. The topological polar surface area (TPSA) is 15.3 Å². The molecule has 88 valence electrons. The van der Waals surface area contributed by atoms with Gasteiger partial charge in [-0.15, -0.1) is 0 Å². The number of piperazine rings is 1. The molecule has 1 N–H and O–H groups in total. The molecule has 0 aliphatic carbocycles. The highest BCUT2D eigenvalue weighted by atomic mass is 35.5. The molecule has 1 heterocycles. The van der Waals surface area contributed by atoms with E-state index >= 15 is 0 Å². The third-order valence-corrected chi connectivity index (χ3v) is 3.59. The van der Waals surface area contributed by atoms with Gasteiger partial charge in [0.25, 0.3) is 0 Å². The maximum atomic E-state index is 6.23. The number of benzene rings is 1. The largest absolute Gasteiger partial charge is 0.365 e. The van der Waals surface area contributed by atoms with Gasteiger partial charge in [-0.05, 0) is 24.6 Å². The maximum absolute atomic E-state index is 6.23. The number of nitrogens with zero attached hydrogens (tertiary/aromatic N) is 1. The maximum Gasteiger partial charge on any atom is 0.0640 e. The molecule has 1 aromatic carbocycles. The Labute approximate surface area is 107 Å². The first-order chi connectivity index (χ1) is 7.72. The molecule has 1 atom stereocenters. The van der Waals surface area contributed by atoms with E-state index in [0.717, 1.165) is 41.8 Å². The molecule has 0 aromatic heterocycles. The SMILES string of the molecule is CCC1CNCCN1c1cc(Cl)ccc1Cl. The van der Waals surface area contributed by atoms with E-state index in [-0.39, 0.29) is 0 Å². The number of hydrogen-bond acceptors (Lipinski definition) is 2. The number of halogens is 2. The molecule has 2 rings (SSSR count). The summed E-state index contributed by atoms with van der Waals surface area (Å²) in [5, 5.41) is 4.93. The summed E-state index contributed by atoms with van der Waals surface area (Å²) in [4.78, 5) is 2.35. The van der Waals surface area contributed by atoms with E-state index in [1.54, 1.807) is 0 Å². The predicted molar refractivity (Wildman–Crippen MR) is 70.8 cm³/mol. The van der Waals surface area contributed by atoms with Crippen LogP contribution in [-0.2, 0) is 0 Å². The third-order valence-electron chi connectivity index (χ3n) is 3.04. The van der Waals surface area contributed by atoms with Crippen LogP contribution in [0.5, 0.6) is 0 Å². The minimum Gasteiger partial charge on any atom is -0.365 e. The second-order valence-electron chi connectivity index (χ2n) is 4.06. The summed E-state index contributed by atoms with van der Waals surface area (Å²) >= 11 is 12.3. The Morgan fingerprint density at radius 3 is 3.00 bits per heavy atom. The van der Waals surface area contributed by atoms with Crippen molar-refractivity contribution in [1.29, 1.82) is 0 Å². The highest BCUT2D eigenvalue weighted by Gasteiger charge is 2.22. The van der Waals surface area contributed by atoms with Crippen LogP contribution >= 0.6 is 23.2 Å². The van der Waals surface area contributed by atoms with Crippen molar-refractivity contribution in [3.63, 3.8) is 0 Å². The summed E-state index contributed by atoms with van der Waals surface area (Å²) in [6.45, 7) is 5.19. The second-order valence-corrected chi connectivity index (χ2v) is 4.90. The average Bonchev–Trinajstić information content (AvgIpc) is 2.32. The van der Waals surface area contributed by atoms with Crippen LogP contribution in [0.15, 0.2) is 18.2 Å². The van der Waals surface area contributed by atoms with Gasteiger partial charge in [-0.25, -0.2) is 0 Å². The number of hydrogen-bond donors (Lipinski definition) is 1.